The van der Waals surface area contributed by atoms with Crippen LogP contribution in [0.2, 0.25) is 0 Å². The molecular weight excluding hydrogens is 220 g/mol. The number of aliphatic hydroxyl groups is 1. The molecule has 0 spiro atoms. The molecule has 1 nitrogen and oxygen atoms in total. The Morgan fingerprint density at radius 1 is 1.11 bits per heavy atom. The van der Waals surface area contributed by atoms with Crippen molar-refractivity contribution in [2.45, 2.75) is 32.3 Å². The standard InChI is InChI=1S/C17H20O/c1-16(2)11-12-17(18,13-7-4-3-5-8-13)15-10-6-9-14(15)16/h3-10,15,18H,11-12H2,1-2H3/t15-,17-/m0/s1. The zero-order valence-electron chi connectivity index (χ0n) is 11.1. The molecule has 0 radical (unpaired) electrons. The Morgan fingerprint density at radius 3 is 2.56 bits per heavy atom. The lowest BCUT2D eigenvalue weighted by Crippen LogP contribution is -2.43. The van der Waals surface area contributed by atoms with Crippen LogP contribution in [0.3, 0.4) is 0 Å². The first kappa shape index (κ1) is 11.7. The number of hydrogen-bond donors (Lipinski definition) is 1. The molecule has 1 heteroatoms. The lowest BCUT2D eigenvalue weighted by molar-refractivity contribution is -0.0341. The third-order valence-electron chi connectivity index (χ3n) is 4.62. The van der Waals surface area contributed by atoms with Crippen molar-refractivity contribution in [2.75, 3.05) is 0 Å². The molecule has 2 aliphatic rings. The van der Waals surface area contributed by atoms with E-state index in [-0.39, 0.29) is 11.3 Å². The van der Waals surface area contributed by atoms with Crippen molar-refractivity contribution in [3.8, 4) is 0 Å². The second-order valence-corrected chi connectivity index (χ2v) is 6.16. The third kappa shape index (κ3) is 1.58. The Labute approximate surface area is 109 Å². The number of rotatable bonds is 1. The summed E-state index contributed by atoms with van der Waals surface area (Å²) >= 11 is 0. The van der Waals surface area contributed by atoms with E-state index < -0.39 is 5.60 Å². The van der Waals surface area contributed by atoms with Crippen LogP contribution in [-0.4, -0.2) is 5.11 Å². The minimum atomic E-state index is -0.727. The van der Waals surface area contributed by atoms with E-state index in [2.05, 4.69) is 32.1 Å². The fourth-order valence-corrected chi connectivity index (χ4v) is 3.39. The van der Waals surface area contributed by atoms with E-state index in [0.29, 0.717) is 0 Å². The van der Waals surface area contributed by atoms with Crippen molar-refractivity contribution < 1.29 is 5.11 Å². The van der Waals surface area contributed by atoms with Gasteiger partial charge >= 0.3 is 0 Å². The molecule has 1 fully saturated rings. The maximum atomic E-state index is 11.2. The summed E-state index contributed by atoms with van der Waals surface area (Å²) in [6, 6.07) is 10.1. The van der Waals surface area contributed by atoms with Crippen LogP contribution in [0.15, 0.2) is 54.1 Å². The number of allylic oxidation sites excluding steroid dienone is 2. The summed E-state index contributed by atoms with van der Waals surface area (Å²) in [7, 11) is 0. The second kappa shape index (κ2) is 3.83. The van der Waals surface area contributed by atoms with E-state index in [0.717, 1.165) is 18.4 Å². The van der Waals surface area contributed by atoms with Gasteiger partial charge in [0.15, 0.2) is 0 Å². The molecule has 1 N–H and O–H groups in total. The Bertz CT molecular complexity index is 510. The van der Waals surface area contributed by atoms with Gasteiger partial charge in [-0.3, -0.25) is 0 Å². The summed E-state index contributed by atoms with van der Waals surface area (Å²) in [6.07, 6.45) is 8.31. The van der Waals surface area contributed by atoms with Crippen molar-refractivity contribution in [1.82, 2.24) is 0 Å². The lowest BCUT2D eigenvalue weighted by Gasteiger charge is -2.46. The highest BCUT2D eigenvalue weighted by Gasteiger charge is 2.48. The largest absolute Gasteiger partial charge is 0.384 e. The maximum absolute atomic E-state index is 11.2. The van der Waals surface area contributed by atoms with E-state index >= 15 is 0 Å². The van der Waals surface area contributed by atoms with E-state index in [4.69, 9.17) is 0 Å². The van der Waals surface area contributed by atoms with E-state index in [1.807, 2.05) is 30.3 Å². The van der Waals surface area contributed by atoms with Gasteiger partial charge < -0.3 is 5.11 Å². The summed E-state index contributed by atoms with van der Waals surface area (Å²) in [5, 5.41) is 11.2. The van der Waals surface area contributed by atoms with Gasteiger partial charge in [0.25, 0.3) is 0 Å². The molecule has 0 heterocycles. The molecule has 2 atom stereocenters. The Morgan fingerprint density at radius 2 is 1.83 bits per heavy atom. The van der Waals surface area contributed by atoms with Crippen molar-refractivity contribution in [2.24, 2.45) is 11.3 Å². The quantitative estimate of drug-likeness (QED) is 0.791. The minimum absolute atomic E-state index is 0.142. The highest BCUT2D eigenvalue weighted by atomic mass is 16.3. The van der Waals surface area contributed by atoms with Crippen molar-refractivity contribution in [3.05, 3.63) is 59.7 Å². The van der Waals surface area contributed by atoms with Gasteiger partial charge in [0.1, 0.15) is 0 Å². The van der Waals surface area contributed by atoms with Crippen LogP contribution in [0, 0.1) is 11.3 Å². The molecule has 0 amide bonds. The molecule has 1 aromatic rings. The highest BCUT2D eigenvalue weighted by Crippen LogP contribution is 2.54. The first-order valence-corrected chi connectivity index (χ1v) is 6.71. The molecule has 1 aromatic carbocycles. The molecule has 0 aliphatic heterocycles. The molecule has 18 heavy (non-hydrogen) atoms. The molecule has 0 bridgehead atoms. The summed E-state index contributed by atoms with van der Waals surface area (Å²) in [4.78, 5) is 0. The first-order valence-electron chi connectivity index (χ1n) is 6.71. The zero-order valence-corrected chi connectivity index (χ0v) is 11.1. The Hall–Kier alpha value is -1.34. The van der Waals surface area contributed by atoms with Gasteiger partial charge in [-0.1, -0.05) is 68.0 Å². The van der Waals surface area contributed by atoms with Crippen LogP contribution in [0.25, 0.3) is 0 Å². The predicted octanol–water partition coefficient (Wildman–Crippen LogP) is 3.81. The molecule has 1 saturated carbocycles. The zero-order chi connectivity index (χ0) is 12.8. The molecular formula is C17H20O. The van der Waals surface area contributed by atoms with Crippen LogP contribution in [-0.2, 0) is 5.60 Å². The topological polar surface area (TPSA) is 20.2 Å². The van der Waals surface area contributed by atoms with Crippen LogP contribution < -0.4 is 0 Å². The van der Waals surface area contributed by atoms with Crippen molar-refractivity contribution in [3.63, 3.8) is 0 Å². The normalized spacial score (nSPS) is 33.1. The summed E-state index contributed by atoms with van der Waals surface area (Å²) < 4.78 is 0. The van der Waals surface area contributed by atoms with Gasteiger partial charge in [-0.15, -0.1) is 0 Å². The predicted molar refractivity (Wildman–Crippen MR) is 74.1 cm³/mol. The van der Waals surface area contributed by atoms with Gasteiger partial charge in [-0.2, -0.15) is 0 Å². The van der Waals surface area contributed by atoms with Gasteiger partial charge in [0.05, 0.1) is 5.60 Å². The Kier molecular flexibility index (Phi) is 2.49. The van der Waals surface area contributed by atoms with Crippen molar-refractivity contribution >= 4 is 0 Å². The van der Waals surface area contributed by atoms with Crippen LogP contribution in [0.1, 0.15) is 32.3 Å². The smallest absolute Gasteiger partial charge is 0.0996 e. The molecule has 0 aromatic heterocycles. The van der Waals surface area contributed by atoms with Gasteiger partial charge in [0, 0.05) is 5.92 Å². The third-order valence-corrected chi connectivity index (χ3v) is 4.62. The van der Waals surface area contributed by atoms with E-state index in [9.17, 15) is 5.11 Å². The Balaban J connectivity index is 2.05. The van der Waals surface area contributed by atoms with E-state index in [1.165, 1.54) is 5.57 Å². The fraction of sp³-hybridized carbons (Fsp3) is 0.412. The SMILES string of the molecule is CC1(C)CC[C@](O)(c2ccccc2)[C@H]2C=CC=C21. The van der Waals surface area contributed by atoms with Crippen molar-refractivity contribution in [1.29, 1.82) is 0 Å². The fourth-order valence-electron chi connectivity index (χ4n) is 3.39. The minimum Gasteiger partial charge on any atom is -0.384 e. The number of benzene rings is 1. The summed E-state index contributed by atoms with van der Waals surface area (Å²) in [5.74, 6) is 0.142. The van der Waals surface area contributed by atoms with Gasteiger partial charge in [-0.05, 0) is 23.8 Å². The maximum Gasteiger partial charge on any atom is 0.0996 e. The number of fused-ring (bicyclic) bond motifs is 1. The summed E-state index contributed by atoms with van der Waals surface area (Å²) in [5.41, 5.74) is 1.90. The van der Waals surface area contributed by atoms with Gasteiger partial charge in [-0.25, -0.2) is 0 Å². The molecule has 94 valence electrons. The average molecular weight is 240 g/mol. The van der Waals surface area contributed by atoms with Gasteiger partial charge in [0.2, 0.25) is 0 Å². The summed E-state index contributed by atoms with van der Waals surface area (Å²) in [6.45, 7) is 4.56. The van der Waals surface area contributed by atoms with Crippen LogP contribution >= 0.6 is 0 Å². The molecule has 0 unspecified atom stereocenters. The first-order chi connectivity index (χ1) is 8.54. The molecule has 0 saturated heterocycles. The second-order valence-electron chi connectivity index (χ2n) is 6.16. The average Bonchev–Trinajstić information content (AvgIpc) is 2.87. The highest BCUT2D eigenvalue weighted by molar-refractivity contribution is 5.41. The number of hydrogen-bond acceptors (Lipinski definition) is 1. The molecule has 3 rings (SSSR count). The lowest BCUT2D eigenvalue weighted by atomic mass is 9.61. The van der Waals surface area contributed by atoms with Crippen LogP contribution in [0.5, 0.6) is 0 Å². The van der Waals surface area contributed by atoms with Crippen LogP contribution in [0.4, 0.5) is 0 Å². The van der Waals surface area contributed by atoms with E-state index in [1.54, 1.807) is 0 Å². The molecule has 2 aliphatic carbocycles. The monoisotopic (exact) mass is 240 g/mol.